The number of benzene rings is 1. The van der Waals surface area contributed by atoms with Crippen LogP contribution in [0.1, 0.15) is 21.6 Å². The summed E-state index contributed by atoms with van der Waals surface area (Å²) in [6.45, 7) is 3.86. The molecule has 15 heavy (non-hydrogen) atoms. The van der Waals surface area contributed by atoms with Crippen LogP contribution < -0.4 is 0 Å². The predicted molar refractivity (Wildman–Crippen MR) is 59.4 cm³/mol. The van der Waals surface area contributed by atoms with Gasteiger partial charge in [0.15, 0.2) is 0 Å². The molecule has 3 nitrogen and oxygen atoms in total. The largest absolute Gasteiger partial charge is 0.477 e. The highest BCUT2D eigenvalue weighted by Gasteiger charge is 2.17. The SMILES string of the molecule is Cc1cccc2c1c(C)c(C(=O)O)n2C. The van der Waals surface area contributed by atoms with Gasteiger partial charge in [0, 0.05) is 18.0 Å². The van der Waals surface area contributed by atoms with E-state index < -0.39 is 5.97 Å². The summed E-state index contributed by atoms with van der Waals surface area (Å²) >= 11 is 0. The molecule has 0 saturated carbocycles. The van der Waals surface area contributed by atoms with Crippen LogP contribution in [0.3, 0.4) is 0 Å². The fraction of sp³-hybridized carbons (Fsp3) is 0.250. The zero-order valence-corrected chi connectivity index (χ0v) is 9.03. The van der Waals surface area contributed by atoms with Crippen LogP contribution in [0.4, 0.5) is 0 Å². The maximum atomic E-state index is 11.1. The Morgan fingerprint density at radius 1 is 1.33 bits per heavy atom. The molecule has 1 N–H and O–H groups in total. The quantitative estimate of drug-likeness (QED) is 0.773. The van der Waals surface area contributed by atoms with Crippen LogP contribution >= 0.6 is 0 Å². The summed E-state index contributed by atoms with van der Waals surface area (Å²) in [5.74, 6) is -0.870. The van der Waals surface area contributed by atoms with Gasteiger partial charge in [0.05, 0.1) is 0 Å². The Labute approximate surface area is 87.9 Å². The van der Waals surface area contributed by atoms with Crippen molar-refractivity contribution in [2.24, 2.45) is 7.05 Å². The minimum absolute atomic E-state index is 0.374. The standard InChI is InChI=1S/C12H13NO2/c1-7-5-4-6-9-10(7)8(2)11(12(14)15)13(9)3/h4-6H,1-3H3,(H,14,15). The molecule has 0 aliphatic rings. The fourth-order valence-electron chi connectivity index (χ4n) is 2.21. The molecule has 1 aromatic carbocycles. The number of fused-ring (bicyclic) bond motifs is 1. The number of aromatic carboxylic acids is 1. The third-order valence-electron chi connectivity index (χ3n) is 2.88. The summed E-state index contributed by atoms with van der Waals surface area (Å²) in [6, 6.07) is 5.89. The first kappa shape index (κ1) is 9.77. The van der Waals surface area contributed by atoms with Crippen molar-refractivity contribution in [3.8, 4) is 0 Å². The van der Waals surface area contributed by atoms with E-state index in [4.69, 9.17) is 5.11 Å². The lowest BCUT2D eigenvalue weighted by atomic mass is 10.1. The van der Waals surface area contributed by atoms with Gasteiger partial charge in [-0.05, 0) is 31.0 Å². The lowest BCUT2D eigenvalue weighted by molar-refractivity contribution is 0.0686. The number of rotatable bonds is 1. The van der Waals surface area contributed by atoms with Crippen molar-refractivity contribution in [3.63, 3.8) is 0 Å². The van der Waals surface area contributed by atoms with E-state index in [1.54, 1.807) is 11.6 Å². The van der Waals surface area contributed by atoms with Crippen LogP contribution in [0.25, 0.3) is 10.9 Å². The molecule has 78 valence electrons. The number of aromatic nitrogens is 1. The van der Waals surface area contributed by atoms with Crippen LogP contribution in [0.2, 0.25) is 0 Å². The lowest BCUT2D eigenvalue weighted by Gasteiger charge is -1.99. The fourth-order valence-corrected chi connectivity index (χ4v) is 2.21. The van der Waals surface area contributed by atoms with Gasteiger partial charge in [-0.15, -0.1) is 0 Å². The summed E-state index contributed by atoms with van der Waals surface area (Å²) in [5, 5.41) is 10.2. The highest BCUT2D eigenvalue weighted by molar-refractivity contribution is 5.99. The van der Waals surface area contributed by atoms with E-state index in [-0.39, 0.29) is 0 Å². The normalized spacial score (nSPS) is 10.9. The summed E-state index contributed by atoms with van der Waals surface area (Å²) < 4.78 is 1.74. The minimum Gasteiger partial charge on any atom is -0.477 e. The molecule has 0 spiro atoms. The summed E-state index contributed by atoms with van der Waals surface area (Å²) in [4.78, 5) is 11.1. The van der Waals surface area contributed by atoms with E-state index in [1.165, 1.54) is 0 Å². The van der Waals surface area contributed by atoms with Crippen LogP contribution in [0.15, 0.2) is 18.2 Å². The molecule has 3 heteroatoms. The molecule has 0 radical (unpaired) electrons. The number of hydrogen-bond acceptors (Lipinski definition) is 1. The number of carbonyl (C=O) groups is 1. The van der Waals surface area contributed by atoms with E-state index in [2.05, 4.69) is 0 Å². The zero-order valence-electron chi connectivity index (χ0n) is 9.03. The van der Waals surface area contributed by atoms with Crippen LogP contribution in [-0.4, -0.2) is 15.6 Å². The molecule has 0 aliphatic heterocycles. The highest BCUT2D eigenvalue weighted by atomic mass is 16.4. The van der Waals surface area contributed by atoms with Gasteiger partial charge in [0.1, 0.15) is 5.69 Å². The summed E-state index contributed by atoms with van der Waals surface area (Å²) in [6.07, 6.45) is 0. The Kier molecular flexibility index (Phi) is 2.03. The summed E-state index contributed by atoms with van der Waals surface area (Å²) in [5.41, 5.74) is 3.32. The average molecular weight is 203 g/mol. The maximum Gasteiger partial charge on any atom is 0.352 e. The number of carboxylic acids is 1. The third-order valence-corrected chi connectivity index (χ3v) is 2.88. The van der Waals surface area contributed by atoms with Crippen molar-refractivity contribution in [1.82, 2.24) is 4.57 Å². The van der Waals surface area contributed by atoms with Gasteiger partial charge in [-0.3, -0.25) is 0 Å². The molecule has 0 bridgehead atoms. The van der Waals surface area contributed by atoms with Gasteiger partial charge in [-0.2, -0.15) is 0 Å². The molecule has 1 heterocycles. The molecular weight excluding hydrogens is 190 g/mol. The average Bonchev–Trinajstić information content (AvgIpc) is 2.40. The second-order valence-corrected chi connectivity index (χ2v) is 3.81. The molecule has 2 rings (SSSR count). The molecule has 0 fully saturated rings. The van der Waals surface area contributed by atoms with E-state index in [9.17, 15) is 4.79 Å². The van der Waals surface area contributed by atoms with Gasteiger partial charge in [-0.25, -0.2) is 4.79 Å². The monoisotopic (exact) mass is 203 g/mol. The Balaban J connectivity index is 2.98. The molecule has 0 amide bonds. The van der Waals surface area contributed by atoms with Crippen molar-refractivity contribution in [1.29, 1.82) is 0 Å². The second-order valence-electron chi connectivity index (χ2n) is 3.81. The van der Waals surface area contributed by atoms with Crippen molar-refractivity contribution in [2.45, 2.75) is 13.8 Å². The first-order chi connectivity index (χ1) is 7.04. The molecule has 0 saturated heterocycles. The first-order valence-corrected chi connectivity index (χ1v) is 4.82. The number of aryl methyl sites for hydroxylation is 3. The smallest absolute Gasteiger partial charge is 0.352 e. The molecular formula is C12H13NO2. The molecule has 0 unspecified atom stereocenters. The molecule has 1 aromatic heterocycles. The zero-order chi connectivity index (χ0) is 11.2. The van der Waals surface area contributed by atoms with E-state index in [1.807, 2.05) is 32.0 Å². The van der Waals surface area contributed by atoms with Gasteiger partial charge >= 0.3 is 5.97 Å². The second kappa shape index (κ2) is 3.12. The van der Waals surface area contributed by atoms with Crippen molar-refractivity contribution in [2.75, 3.05) is 0 Å². The lowest BCUT2D eigenvalue weighted by Crippen LogP contribution is -2.05. The van der Waals surface area contributed by atoms with Gasteiger partial charge in [0.25, 0.3) is 0 Å². The predicted octanol–water partition coefficient (Wildman–Crippen LogP) is 2.49. The van der Waals surface area contributed by atoms with Crippen LogP contribution in [0, 0.1) is 13.8 Å². The Bertz CT molecular complexity index is 552. The van der Waals surface area contributed by atoms with E-state index >= 15 is 0 Å². The summed E-state index contributed by atoms with van der Waals surface area (Å²) in [7, 11) is 1.79. The van der Waals surface area contributed by atoms with E-state index in [0.717, 1.165) is 22.0 Å². The Morgan fingerprint density at radius 3 is 2.53 bits per heavy atom. The topological polar surface area (TPSA) is 42.2 Å². The van der Waals surface area contributed by atoms with Crippen molar-refractivity contribution in [3.05, 3.63) is 35.0 Å². The number of nitrogens with zero attached hydrogens (tertiary/aromatic N) is 1. The molecule has 2 aromatic rings. The van der Waals surface area contributed by atoms with Gasteiger partial charge < -0.3 is 9.67 Å². The van der Waals surface area contributed by atoms with Gasteiger partial charge in [-0.1, -0.05) is 12.1 Å². The van der Waals surface area contributed by atoms with Gasteiger partial charge in [0.2, 0.25) is 0 Å². The Hall–Kier alpha value is -1.77. The highest BCUT2D eigenvalue weighted by Crippen LogP contribution is 2.27. The molecule has 0 aliphatic carbocycles. The number of hydrogen-bond donors (Lipinski definition) is 1. The maximum absolute atomic E-state index is 11.1. The minimum atomic E-state index is -0.870. The third kappa shape index (κ3) is 1.23. The first-order valence-electron chi connectivity index (χ1n) is 4.82. The van der Waals surface area contributed by atoms with Crippen molar-refractivity contribution >= 4 is 16.9 Å². The number of carboxylic acid groups (broad SMARTS) is 1. The van der Waals surface area contributed by atoms with E-state index in [0.29, 0.717) is 5.69 Å². The Morgan fingerprint density at radius 2 is 2.00 bits per heavy atom. The van der Waals surface area contributed by atoms with Crippen LogP contribution in [-0.2, 0) is 7.05 Å². The van der Waals surface area contributed by atoms with Crippen molar-refractivity contribution < 1.29 is 9.90 Å². The van der Waals surface area contributed by atoms with Crippen LogP contribution in [0.5, 0.6) is 0 Å². The molecule has 0 atom stereocenters.